The van der Waals surface area contributed by atoms with Gasteiger partial charge < -0.3 is 5.32 Å². The summed E-state index contributed by atoms with van der Waals surface area (Å²) in [5.74, 6) is 0. The van der Waals surface area contributed by atoms with Crippen LogP contribution in [0.4, 0.5) is 5.69 Å². The summed E-state index contributed by atoms with van der Waals surface area (Å²) in [5, 5.41) is 3.31. The summed E-state index contributed by atoms with van der Waals surface area (Å²) in [6.07, 6.45) is 3.28. The number of hydrogen-bond donors (Lipinski definition) is 1. The Morgan fingerprint density at radius 2 is 2.00 bits per heavy atom. The third-order valence-electron chi connectivity index (χ3n) is 1.54. The summed E-state index contributed by atoms with van der Waals surface area (Å²) in [5.41, 5.74) is 1.20. The van der Waals surface area contributed by atoms with Gasteiger partial charge in [-0.15, -0.1) is 0 Å². The molecular weight excluding hydrogens is 134 g/mol. The van der Waals surface area contributed by atoms with Crippen molar-refractivity contribution in [2.75, 3.05) is 11.9 Å². The highest BCUT2D eigenvalue weighted by Crippen LogP contribution is 2.04. The number of unbranched alkanes of at least 4 members (excludes halogenated alkanes) is 1. The topological polar surface area (TPSA) is 12.0 Å². The van der Waals surface area contributed by atoms with Crippen molar-refractivity contribution < 1.29 is 0 Å². The van der Waals surface area contributed by atoms with E-state index >= 15 is 0 Å². The Morgan fingerprint density at radius 3 is 2.64 bits per heavy atom. The van der Waals surface area contributed by atoms with Crippen LogP contribution in [0.5, 0.6) is 0 Å². The smallest absolute Gasteiger partial charge is 0.0340 e. The molecule has 0 spiro atoms. The highest BCUT2D eigenvalue weighted by molar-refractivity contribution is 5.42. The number of para-hydroxylation sites is 1. The molecule has 0 aliphatic rings. The van der Waals surface area contributed by atoms with Crippen molar-refractivity contribution in [2.45, 2.75) is 13.3 Å². The Kier molecular flexibility index (Phi) is 3.53. The standard InChI is InChI=1S/C10H14N/c1-2-3-9-11-10-7-5-4-6-8-10/h2,4-8,11H,3,9H2,1H3. The molecule has 0 bridgehead atoms. The van der Waals surface area contributed by atoms with Gasteiger partial charge in [0.2, 0.25) is 0 Å². The van der Waals surface area contributed by atoms with Gasteiger partial charge in [-0.1, -0.05) is 25.1 Å². The lowest BCUT2D eigenvalue weighted by Crippen LogP contribution is -1.99. The summed E-state index contributed by atoms with van der Waals surface area (Å²) in [4.78, 5) is 0. The molecule has 0 amide bonds. The first-order chi connectivity index (χ1) is 5.43. The van der Waals surface area contributed by atoms with Crippen LogP contribution in [0, 0.1) is 6.42 Å². The minimum atomic E-state index is 1.03. The number of anilines is 1. The molecular formula is C10H14N. The average Bonchev–Trinajstić information content (AvgIpc) is 2.07. The fourth-order valence-corrected chi connectivity index (χ4v) is 0.917. The van der Waals surface area contributed by atoms with Crippen LogP contribution in [0.25, 0.3) is 0 Å². The maximum Gasteiger partial charge on any atom is 0.0340 e. The van der Waals surface area contributed by atoms with Crippen LogP contribution < -0.4 is 5.32 Å². The van der Waals surface area contributed by atoms with Crippen LogP contribution >= 0.6 is 0 Å². The van der Waals surface area contributed by atoms with Crippen molar-refractivity contribution in [3.8, 4) is 0 Å². The average molecular weight is 148 g/mol. The maximum atomic E-state index is 3.31. The SMILES string of the molecule is C[CH]CCNc1ccccc1. The van der Waals surface area contributed by atoms with Gasteiger partial charge in [-0.2, -0.15) is 0 Å². The summed E-state index contributed by atoms with van der Waals surface area (Å²) in [6.45, 7) is 3.10. The second-order valence-corrected chi connectivity index (χ2v) is 2.49. The van der Waals surface area contributed by atoms with Gasteiger partial charge in [0.25, 0.3) is 0 Å². The minimum absolute atomic E-state index is 1.03. The van der Waals surface area contributed by atoms with Crippen LogP contribution in [-0.2, 0) is 0 Å². The molecule has 59 valence electrons. The third-order valence-corrected chi connectivity index (χ3v) is 1.54. The van der Waals surface area contributed by atoms with Crippen LogP contribution in [0.15, 0.2) is 30.3 Å². The van der Waals surface area contributed by atoms with Crippen LogP contribution in [0.3, 0.4) is 0 Å². The van der Waals surface area contributed by atoms with E-state index in [1.165, 1.54) is 5.69 Å². The molecule has 0 saturated carbocycles. The van der Waals surface area contributed by atoms with E-state index in [2.05, 4.69) is 30.8 Å². The first-order valence-corrected chi connectivity index (χ1v) is 4.00. The molecule has 0 unspecified atom stereocenters. The van der Waals surface area contributed by atoms with Crippen molar-refractivity contribution in [1.82, 2.24) is 0 Å². The van der Waals surface area contributed by atoms with Gasteiger partial charge in [0.05, 0.1) is 0 Å². The van der Waals surface area contributed by atoms with Crippen molar-refractivity contribution >= 4 is 5.69 Å². The molecule has 11 heavy (non-hydrogen) atoms. The molecule has 1 N–H and O–H groups in total. The van der Waals surface area contributed by atoms with Crippen molar-refractivity contribution in [1.29, 1.82) is 0 Å². The molecule has 1 heteroatoms. The maximum absolute atomic E-state index is 3.31. The third kappa shape index (κ3) is 3.08. The second-order valence-electron chi connectivity index (χ2n) is 2.49. The molecule has 0 fully saturated rings. The van der Waals surface area contributed by atoms with E-state index in [-0.39, 0.29) is 0 Å². The first-order valence-electron chi connectivity index (χ1n) is 4.00. The van der Waals surface area contributed by atoms with Crippen LogP contribution in [0.2, 0.25) is 0 Å². The van der Waals surface area contributed by atoms with Gasteiger partial charge in [-0.25, -0.2) is 0 Å². The number of rotatable bonds is 4. The normalized spacial score (nSPS) is 9.55. The predicted octanol–water partition coefficient (Wildman–Crippen LogP) is 2.71. The zero-order valence-electron chi connectivity index (χ0n) is 6.88. The lowest BCUT2D eigenvalue weighted by atomic mass is 10.3. The lowest BCUT2D eigenvalue weighted by molar-refractivity contribution is 0.992. The fraction of sp³-hybridized carbons (Fsp3) is 0.300. The van der Waals surface area contributed by atoms with E-state index in [0.717, 1.165) is 13.0 Å². The molecule has 0 heterocycles. The largest absolute Gasteiger partial charge is 0.385 e. The molecule has 0 aliphatic heterocycles. The zero-order valence-corrected chi connectivity index (χ0v) is 6.88. The Hall–Kier alpha value is -0.980. The molecule has 0 aliphatic carbocycles. The zero-order chi connectivity index (χ0) is 7.94. The quantitative estimate of drug-likeness (QED) is 0.647. The first kappa shape index (κ1) is 8.12. The van der Waals surface area contributed by atoms with Gasteiger partial charge in [0.15, 0.2) is 0 Å². The summed E-state index contributed by atoms with van der Waals surface area (Å²) >= 11 is 0. The van der Waals surface area contributed by atoms with Gasteiger partial charge >= 0.3 is 0 Å². The van der Waals surface area contributed by atoms with Gasteiger partial charge in [-0.05, 0) is 25.0 Å². The van der Waals surface area contributed by atoms with Crippen LogP contribution in [0.1, 0.15) is 13.3 Å². The van der Waals surface area contributed by atoms with Gasteiger partial charge in [-0.3, -0.25) is 0 Å². The minimum Gasteiger partial charge on any atom is -0.385 e. The molecule has 0 atom stereocenters. The fourth-order valence-electron chi connectivity index (χ4n) is 0.917. The highest BCUT2D eigenvalue weighted by atomic mass is 14.9. The molecule has 0 saturated heterocycles. The number of benzene rings is 1. The monoisotopic (exact) mass is 148 g/mol. The van der Waals surface area contributed by atoms with E-state index in [1.54, 1.807) is 0 Å². The van der Waals surface area contributed by atoms with E-state index in [9.17, 15) is 0 Å². The van der Waals surface area contributed by atoms with Crippen molar-refractivity contribution in [3.05, 3.63) is 36.8 Å². The molecule has 1 aromatic carbocycles. The Balaban J connectivity index is 2.28. The Morgan fingerprint density at radius 1 is 1.27 bits per heavy atom. The molecule has 1 nitrogen and oxygen atoms in total. The highest BCUT2D eigenvalue weighted by Gasteiger charge is 1.86. The number of nitrogens with one attached hydrogen (secondary N) is 1. The second kappa shape index (κ2) is 4.78. The molecule has 1 radical (unpaired) electrons. The summed E-state index contributed by atoms with van der Waals surface area (Å²) in [7, 11) is 0. The van der Waals surface area contributed by atoms with E-state index in [1.807, 2.05) is 18.2 Å². The van der Waals surface area contributed by atoms with E-state index in [0.29, 0.717) is 0 Å². The lowest BCUT2D eigenvalue weighted by Gasteiger charge is -2.03. The van der Waals surface area contributed by atoms with Gasteiger partial charge in [0, 0.05) is 12.2 Å². The molecule has 1 rings (SSSR count). The number of hydrogen-bond acceptors (Lipinski definition) is 1. The van der Waals surface area contributed by atoms with Gasteiger partial charge in [0.1, 0.15) is 0 Å². The van der Waals surface area contributed by atoms with Crippen molar-refractivity contribution in [3.63, 3.8) is 0 Å². The Labute approximate surface area is 68.4 Å². The summed E-state index contributed by atoms with van der Waals surface area (Å²) in [6, 6.07) is 10.3. The predicted molar refractivity (Wildman–Crippen MR) is 49.5 cm³/mol. The van der Waals surface area contributed by atoms with E-state index in [4.69, 9.17) is 0 Å². The van der Waals surface area contributed by atoms with Crippen LogP contribution in [-0.4, -0.2) is 6.54 Å². The summed E-state index contributed by atoms with van der Waals surface area (Å²) < 4.78 is 0. The molecule has 0 aromatic heterocycles. The molecule has 1 aromatic rings. The van der Waals surface area contributed by atoms with E-state index < -0.39 is 0 Å². The Bertz CT molecular complexity index is 181. The van der Waals surface area contributed by atoms with Crippen molar-refractivity contribution in [2.24, 2.45) is 0 Å².